The molecule has 0 bridgehead atoms. The number of fused-ring (bicyclic) bond motifs is 2. The van der Waals surface area contributed by atoms with Crippen LogP contribution in [0.5, 0.6) is 0 Å². The highest BCUT2D eigenvalue weighted by atomic mass is 16.1. The Balaban J connectivity index is 0. The van der Waals surface area contributed by atoms with Crippen molar-refractivity contribution in [3.05, 3.63) is 90.0 Å². The Bertz CT molecular complexity index is 1350. The number of para-hydroxylation sites is 1. The maximum atomic E-state index is 10.3. The normalized spacial score (nSPS) is 15.0. The molecule has 348 valence electrons. The van der Waals surface area contributed by atoms with Gasteiger partial charge in [-0.25, -0.2) is 0 Å². The van der Waals surface area contributed by atoms with Gasteiger partial charge in [0, 0.05) is 43.4 Å². The molecule has 1 heterocycles. The molecule has 0 fully saturated rings. The van der Waals surface area contributed by atoms with E-state index in [9.17, 15) is 4.79 Å². The van der Waals surface area contributed by atoms with Crippen molar-refractivity contribution in [2.45, 2.75) is 176 Å². The summed E-state index contributed by atoms with van der Waals surface area (Å²) in [5.74, 6) is 0.848. The molecule has 2 aromatic rings. The summed E-state index contributed by atoms with van der Waals surface area (Å²) in [6.07, 6.45) is 34.8. The van der Waals surface area contributed by atoms with Gasteiger partial charge >= 0.3 is 0 Å². The van der Waals surface area contributed by atoms with Crippen LogP contribution in [0.4, 0.5) is 5.69 Å². The van der Waals surface area contributed by atoms with Gasteiger partial charge in [0.2, 0.25) is 0 Å². The topological polar surface area (TPSA) is 105 Å². The number of nitrogens with two attached hydrogens (primary N) is 2. The van der Waals surface area contributed by atoms with Gasteiger partial charge in [-0.2, -0.15) is 0 Å². The van der Waals surface area contributed by atoms with Crippen LogP contribution < -0.4 is 21.7 Å². The minimum Gasteiger partial charge on any atom is -0.397 e. The largest absolute Gasteiger partial charge is 0.397 e. The standard InChI is InChI=1S/C21H27N3.C16H34N2O.C8H14.C4H10.C3H6.C2H4O/c1-3-4-9-14-23-21-18-12-7-8-13-19(18)24(2)15-16-10-5-6-11-17(16)20(21)22;1-18(2)14-8-6-12-16(11-5-7-13-17)10-4-3-9-15-19;1-2-4-6-8-7-5-3-1;1-3-4-2;1-3-2;1-2-3/h5-8,10-13,23H,3-4,9,14-15,22H2,1-2H3;15-16H,3-14,17H2,1-2H3;1-2H,3-8H2;3-4H2,1-2H3;3H,1H2,2H3;2H,1H3/b21-20-;;2-1+;;;. The Hall–Kier alpha value is -3.68. The molecular formula is C54H95N5O2. The van der Waals surface area contributed by atoms with Gasteiger partial charge < -0.3 is 36.2 Å². The molecule has 1 aliphatic heterocycles. The molecule has 0 saturated heterocycles. The van der Waals surface area contributed by atoms with Crippen molar-refractivity contribution in [3.63, 3.8) is 0 Å². The molecule has 0 amide bonds. The summed E-state index contributed by atoms with van der Waals surface area (Å²) in [5, 5.41) is 3.62. The fraction of sp³-hybridized carbons (Fsp3) is 0.630. The van der Waals surface area contributed by atoms with Crippen LogP contribution in [0.25, 0.3) is 11.4 Å². The lowest BCUT2D eigenvalue weighted by molar-refractivity contribution is -0.108. The van der Waals surface area contributed by atoms with Crippen LogP contribution in [0, 0.1) is 5.92 Å². The van der Waals surface area contributed by atoms with E-state index in [0.29, 0.717) is 0 Å². The molecule has 61 heavy (non-hydrogen) atoms. The van der Waals surface area contributed by atoms with E-state index in [0.717, 1.165) is 80.8 Å². The van der Waals surface area contributed by atoms with E-state index < -0.39 is 0 Å². The zero-order valence-electron chi connectivity index (χ0n) is 40.8. The highest BCUT2D eigenvalue weighted by Gasteiger charge is 2.20. The van der Waals surface area contributed by atoms with E-state index in [4.69, 9.17) is 16.3 Å². The second-order valence-corrected chi connectivity index (χ2v) is 16.5. The van der Waals surface area contributed by atoms with Crippen LogP contribution >= 0.6 is 0 Å². The Labute approximate surface area is 377 Å². The van der Waals surface area contributed by atoms with Crippen molar-refractivity contribution < 1.29 is 9.59 Å². The minimum atomic E-state index is 0.732. The number of aldehydes is 2. The van der Waals surface area contributed by atoms with E-state index in [1.165, 1.54) is 139 Å². The smallest absolute Gasteiger partial charge is 0.119 e. The Kier molecular flexibility index (Phi) is 43.2. The van der Waals surface area contributed by atoms with Crippen LogP contribution in [0.1, 0.15) is 186 Å². The van der Waals surface area contributed by atoms with Crippen LogP contribution in [-0.4, -0.2) is 58.2 Å². The number of rotatable bonds is 20. The number of unbranched alkanes of at least 4 members (excludes halogenated alkanes) is 7. The van der Waals surface area contributed by atoms with E-state index in [-0.39, 0.29) is 0 Å². The maximum Gasteiger partial charge on any atom is 0.119 e. The van der Waals surface area contributed by atoms with Crippen LogP contribution in [0.15, 0.2) is 73.3 Å². The summed E-state index contributed by atoms with van der Waals surface area (Å²) in [6, 6.07) is 16.9. The highest BCUT2D eigenvalue weighted by molar-refractivity contribution is 5.93. The number of allylic oxidation sites excluding steroid dienone is 3. The summed E-state index contributed by atoms with van der Waals surface area (Å²) in [4.78, 5) is 23.7. The summed E-state index contributed by atoms with van der Waals surface area (Å²) in [7, 11) is 6.42. The highest BCUT2D eigenvalue weighted by Crippen LogP contribution is 2.34. The number of benzene rings is 2. The predicted octanol–water partition coefficient (Wildman–Crippen LogP) is 13.5. The first kappa shape index (κ1) is 59.4. The lowest BCUT2D eigenvalue weighted by Crippen LogP contribution is -2.26. The molecule has 0 aromatic heterocycles. The molecule has 2 aliphatic rings. The molecule has 5 N–H and O–H groups in total. The van der Waals surface area contributed by atoms with Crippen LogP contribution in [-0.2, 0) is 16.1 Å². The van der Waals surface area contributed by atoms with E-state index >= 15 is 0 Å². The van der Waals surface area contributed by atoms with Crippen molar-refractivity contribution in [2.75, 3.05) is 45.7 Å². The van der Waals surface area contributed by atoms with E-state index in [2.05, 4.69) is 124 Å². The van der Waals surface area contributed by atoms with Gasteiger partial charge in [0.25, 0.3) is 0 Å². The molecule has 7 heteroatoms. The first-order chi connectivity index (χ1) is 29.7. The average molecular weight is 846 g/mol. The van der Waals surface area contributed by atoms with Gasteiger partial charge in [0.1, 0.15) is 12.6 Å². The van der Waals surface area contributed by atoms with Crippen molar-refractivity contribution in [2.24, 2.45) is 17.4 Å². The molecule has 1 aliphatic carbocycles. The lowest BCUT2D eigenvalue weighted by atomic mass is 9.90. The number of carbonyl (C=O) groups is 2. The summed E-state index contributed by atoms with van der Waals surface area (Å²) in [6.45, 7) is 17.1. The summed E-state index contributed by atoms with van der Waals surface area (Å²) >= 11 is 0. The molecule has 0 saturated carbocycles. The van der Waals surface area contributed by atoms with Gasteiger partial charge in [0.05, 0.1) is 11.4 Å². The molecule has 4 rings (SSSR count). The van der Waals surface area contributed by atoms with Crippen LogP contribution in [0.3, 0.4) is 0 Å². The van der Waals surface area contributed by atoms with Gasteiger partial charge in [0.15, 0.2) is 0 Å². The number of nitrogens with zero attached hydrogens (tertiary/aromatic N) is 2. The molecule has 1 unspecified atom stereocenters. The second kappa shape index (κ2) is 44.4. The molecule has 0 radical (unpaired) electrons. The Morgan fingerprint density at radius 2 is 1.30 bits per heavy atom. The van der Waals surface area contributed by atoms with Gasteiger partial charge in [-0.3, -0.25) is 0 Å². The first-order valence-electron chi connectivity index (χ1n) is 24.2. The predicted molar refractivity (Wildman–Crippen MR) is 272 cm³/mol. The van der Waals surface area contributed by atoms with Crippen molar-refractivity contribution >= 4 is 29.7 Å². The zero-order chi connectivity index (χ0) is 45.8. The molecule has 7 nitrogen and oxygen atoms in total. The Morgan fingerprint density at radius 1 is 0.754 bits per heavy atom. The minimum absolute atomic E-state index is 0.732. The third-order valence-corrected chi connectivity index (χ3v) is 10.5. The first-order valence-corrected chi connectivity index (χ1v) is 24.2. The molecule has 1 atom stereocenters. The third-order valence-electron chi connectivity index (χ3n) is 10.5. The molecular weight excluding hydrogens is 751 g/mol. The van der Waals surface area contributed by atoms with Gasteiger partial charge in [-0.1, -0.05) is 159 Å². The summed E-state index contributed by atoms with van der Waals surface area (Å²) < 4.78 is 0. The SMILES string of the molecule is C1=C/CCCCCC/1.C=CC.CC=O.CCCC.CCCCCN/C1=C(\N)c2ccccc2CN(C)c2ccccc21.CN(C)CCCCC(CCCCN)CCCCC=O. The van der Waals surface area contributed by atoms with E-state index in [1.54, 1.807) is 6.08 Å². The average Bonchev–Trinajstić information content (AvgIpc) is 3.24. The zero-order valence-corrected chi connectivity index (χ0v) is 40.8. The van der Waals surface area contributed by atoms with E-state index in [1.807, 2.05) is 6.92 Å². The fourth-order valence-corrected chi connectivity index (χ4v) is 6.98. The fourth-order valence-electron chi connectivity index (χ4n) is 6.98. The molecule has 2 aromatic carbocycles. The van der Waals surface area contributed by atoms with Crippen molar-refractivity contribution in [3.8, 4) is 0 Å². The number of hydrogen-bond donors (Lipinski definition) is 3. The monoisotopic (exact) mass is 846 g/mol. The number of carbonyl (C=O) groups excluding carboxylic acids is 2. The second-order valence-electron chi connectivity index (χ2n) is 16.5. The number of hydrogen-bond acceptors (Lipinski definition) is 7. The molecule has 0 spiro atoms. The maximum absolute atomic E-state index is 10.3. The van der Waals surface area contributed by atoms with Crippen molar-refractivity contribution in [1.82, 2.24) is 10.2 Å². The quantitative estimate of drug-likeness (QED) is 0.0692. The summed E-state index contributed by atoms with van der Waals surface area (Å²) in [5.41, 5.74) is 18.9. The van der Waals surface area contributed by atoms with Crippen LogP contribution in [0.2, 0.25) is 0 Å². The van der Waals surface area contributed by atoms with Crippen molar-refractivity contribution in [1.29, 1.82) is 0 Å². The number of nitrogens with one attached hydrogen (secondary N) is 1. The third kappa shape index (κ3) is 32.7. The lowest BCUT2D eigenvalue weighted by Gasteiger charge is -2.29. The van der Waals surface area contributed by atoms with Gasteiger partial charge in [-0.15, -0.1) is 6.58 Å². The Morgan fingerprint density at radius 3 is 1.84 bits per heavy atom. The number of anilines is 1. The van der Waals surface area contributed by atoms with Gasteiger partial charge in [-0.05, 0) is 110 Å².